The molecule has 0 bridgehead atoms. The molecule has 0 aliphatic heterocycles. The Kier molecular flexibility index (Phi) is 4.85. The molecule has 2 rings (SSSR count). The number of carbonyl (C=O) groups is 1. The van der Waals surface area contributed by atoms with E-state index in [1.807, 2.05) is 31.2 Å². The third-order valence-corrected chi connectivity index (χ3v) is 3.60. The van der Waals surface area contributed by atoms with Crippen molar-refractivity contribution >= 4 is 5.97 Å². The Bertz CT molecular complexity index is 675. The van der Waals surface area contributed by atoms with Crippen LogP contribution in [0.25, 0.3) is 11.3 Å². The molecule has 0 atom stereocenters. The molecular formula is C17H22N2O3. The monoisotopic (exact) mass is 302 g/mol. The summed E-state index contributed by atoms with van der Waals surface area (Å²) in [5.41, 5.74) is 3.91. The number of aromatic nitrogens is 2. The summed E-state index contributed by atoms with van der Waals surface area (Å²) in [6.45, 7) is 6.28. The van der Waals surface area contributed by atoms with Gasteiger partial charge in [-0.25, -0.2) is 0 Å². The van der Waals surface area contributed by atoms with Crippen molar-refractivity contribution in [2.75, 3.05) is 14.2 Å². The van der Waals surface area contributed by atoms with Crippen LogP contribution in [-0.4, -0.2) is 30.0 Å². The summed E-state index contributed by atoms with van der Waals surface area (Å²) in [6, 6.07) is 7.96. The molecule has 0 N–H and O–H groups in total. The second-order valence-electron chi connectivity index (χ2n) is 5.53. The Labute approximate surface area is 130 Å². The Morgan fingerprint density at radius 2 is 2.00 bits per heavy atom. The smallest absolute Gasteiger partial charge is 0.327 e. The van der Waals surface area contributed by atoms with E-state index in [0.29, 0.717) is 0 Å². The largest absolute Gasteiger partial charge is 0.496 e. The number of methoxy groups -OCH3 is 2. The first-order chi connectivity index (χ1) is 10.5. The maximum absolute atomic E-state index is 11.5. The highest BCUT2D eigenvalue weighted by molar-refractivity contribution is 5.69. The van der Waals surface area contributed by atoms with Gasteiger partial charge in [0, 0.05) is 11.3 Å². The van der Waals surface area contributed by atoms with E-state index in [4.69, 9.17) is 9.47 Å². The van der Waals surface area contributed by atoms with Gasteiger partial charge in [-0.1, -0.05) is 13.8 Å². The Balaban J connectivity index is 2.41. The van der Waals surface area contributed by atoms with Gasteiger partial charge in [0.2, 0.25) is 0 Å². The van der Waals surface area contributed by atoms with E-state index in [2.05, 4.69) is 18.9 Å². The molecule has 2 aromatic rings. The number of aryl methyl sites for hydroxylation is 1. The lowest BCUT2D eigenvalue weighted by Gasteiger charge is -2.08. The van der Waals surface area contributed by atoms with Crippen molar-refractivity contribution < 1.29 is 14.3 Å². The first-order valence-corrected chi connectivity index (χ1v) is 7.25. The van der Waals surface area contributed by atoms with Crippen LogP contribution < -0.4 is 4.74 Å². The normalized spacial score (nSPS) is 10.8. The number of hydrogen-bond donors (Lipinski definition) is 0. The minimum Gasteiger partial charge on any atom is -0.496 e. The van der Waals surface area contributed by atoms with Crippen LogP contribution in [-0.2, 0) is 16.1 Å². The van der Waals surface area contributed by atoms with Crippen LogP contribution in [0, 0.1) is 6.92 Å². The molecule has 1 aromatic heterocycles. The van der Waals surface area contributed by atoms with Gasteiger partial charge in [-0.3, -0.25) is 9.48 Å². The van der Waals surface area contributed by atoms with Crippen LogP contribution >= 0.6 is 0 Å². The van der Waals surface area contributed by atoms with Gasteiger partial charge in [-0.2, -0.15) is 5.10 Å². The molecule has 0 radical (unpaired) electrons. The Morgan fingerprint density at radius 1 is 1.27 bits per heavy atom. The maximum Gasteiger partial charge on any atom is 0.327 e. The fraction of sp³-hybridized carbons (Fsp3) is 0.412. The summed E-state index contributed by atoms with van der Waals surface area (Å²) in [5.74, 6) is 0.814. The molecule has 22 heavy (non-hydrogen) atoms. The fourth-order valence-corrected chi connectivity index (χ4v) is 2.39. The molecule has 5 heteroatoms. The molecule has 0 saturated heterocycles. The molecule has 118 valence electrons. The van der Waals surface area contributed by atoms with E-state index in [0.717, 1.165) is 28.3 Å². The van der Waals surface area contributed by atoms with Gasteiger partial charge in [0.25, 0.3) is 0 Å². The third kappa shape index (κ3) is 3.30. The number of carbonyl (C=O) groups excluding carboxylic acids is 1. The zero-order chi connectivity index (χ0) is 16.3. The van der Waals surface area contributed by atoms with Crippen molar-refractivity contribution in [2.24, 2.45) is 0 Å². The Morgan fingerprint density at radius 3 is 2.55 bits per heavy atom. The van der Waals surface area contributed by atoms with Crippen LogP contribution in [0.3, 0.4) is 0 Å². The maximum atomic E-state index is 11.5. The Hall–Kier alpha value is -2.30. The fourth-order valence-electron chi connectivity index (χ4n) is 2.39. The van der Waals surface area contributed by atoms with Gasteiger partial charge in [-0.15, -0.1) is 0 Å². The van der Waals surface area contributed by atoms with Crippen molar-refractivity contribution in [3.63, 3.8) is 0 Å². The topological polar surface area (TPSA) is 53.4 Å². The second kappa shape index (κ2) is 6.64. The first-order valence-electron chi connectivity index (χ1n) is 7.25. The average molecular weight is 302 g/mol. The second-order valence-corrected chi connectivity index (χ2v) is 5.53. The van der Waals surface area contributed by atoms with Gasteiger partial charge in [0.15, 0.2) is 0 Å². The van der Waals surface area contributed by atoms with E-state index < -0.39 is 0 Å². The van der Waals surface area contributed by atoms with Gasteiger partial charge in [-0.05, 0) is 42.7 Å². The summed E-state index contributed by atoms with van der Waals surface area (Å²) in [7, 11) is 3.04. The summed E-state index contributed by atoms with van der Waals surface area (Å²) >= 11 is 0. The first kappa shape index (κ1) is 16.1. The van der Waals surface area contributed by atoms with E-state index in [9.17, 15) is 4.79 Å². The van der Waals surface area contributed by atoms with E-state index in [1.54, 1.807) is 11.8 Å². The van der Waals surface area contributed by atoms with Crippen molar-refractivity contribution in [1.82, 2.24) is 9.78 Å². The predicted molar refractivity (Wildman–Crippen MR) is 85.1 cm³/mol. The van der Waals surface area contributed by atoms with E-state index in [1.165, 1.54) is 7.11 Å². The van der Waals surface area contributed by atoms with Gasteiger partial charge < -0.3 is 9.47 Å². The lowest BCUT2D eigenvalue weighted by Crippen LogP contribution is -2.15. The van der Waals surface area contributed by atoms with Crippen LogP contribution in [0.15, 0.2) is 24.3 Å². The van der Waals surface area contributed by atoms with Crippen molar-refractivity contribution in [3.05, 3.63) is 35.5 Å². The molecule has 1 heterocycles. The number of esters is 1. The van der Waals surface area contributed by atoms with Gasteiger partial charge in [0.1, 0.15) is 12.3 Å². The van der Waals surface area contributed by atoms with Crippen LogP contribution in [0.5, 0.6) is 5.75 Å². The summed E-state index contributed by atoms with van der Waals surface area (Å²) in [5, 5.41) is 4.56. The number of rotatable bonds is 5. The summed E-state index contributed by atoms with van der Waals surface area (Å²) in [4.78, 5) is 11.5. The van der Waals surface area contributed by atoms with E-state index >= 15 is 0 Å². The number of ether oxygens (including phenoxy) is 2. The third-order valence-electron chi connectivity index (χ3n) is 3.60. The molecule has 0 aliphatic carbocycles. The van der Waals surface area contributed by atoms with Crippen molar-refractivity contribution in [1.29, 1.82) is 0 Å². The zero-order valence-corrected chi connectivity index (χ0v) is 13.7. The van der Waals surface area contributed by atoms with Gasteiger partial charge >= 0.3 is 5.97 Å². The molecule has 0 aliphatic rings. The highest BCUT2D eigenvalue weighted by Gasteiger charge is 2.15. The summed E-state index contributed by atoms with van der Waals surface area (Å²) < 4.78 is 11.7. The van der Waals surface area contributed by atoms with Crippen LogP contribution in [0.4, 0.5) is 0 Å². The standard InChI is InChI=1S/C17H22N2O3/c1-11(2)15-9-14(18-19(15)10-17(20)22-5)13-6-7-16(21-4)12(3)8-13/h6-9,11H,10H2,1-5H3. The molecular weight excluding hydrogens is 280 g/mol. The highest BCUT2D eigenvalue weighted by Crippen LogP contribution is 2.27. The van der Waals surface area contributed by atoms with Crippen molar-refractivity contribution in [2.45, 2.75) is 33.2 Å². The quantitative estimate of drug-likeness (QED) is 0.796. The lowest BCUT2D eigenvalue weighted by atomic mass is 10.1. The van der Waals surface area contributed by atoms with Crippen molar-refractivity contribution in [3.8, 4) is 17.0 Å². The minimum atomic E-state index is -0.303. The number of nitrogens with zero attached hydrogens (tertiary/aromatic N) is 2. The highest BCUT2D eigenvalue weighted by atomic mass is 16.5. The van der Waals surface area contributed by atoms with Crippen LogP contribution in [0.2, 0.25) is 0 Å². The SMILES string of the molecule is COC(=O)Cn1nc(-c2ccc(OC)c(C)c2)cc1C(C)C. The molecule has 0 fully saturated rings. The zero-order valence-electron chi connectivity index (χ0n) is 13.7. The molecule has 0 spiro atoms. The van der Waals surface area contributed by atoms with Crippen LogP contribution in [0.1, 0.15) is 31.0 Å². The molecule has 0 unspecified atom stereocenters. The molecule has 0 amide bonds. The lowest BCUT2D eigenvalue weighted by molar-refractivity contribution is -0.141. The van der Waals surface area contributed by atoms with E-state index in [-0.39, 0.29) is 18.4 Å². The molecule has 0 saturated carbocycles. The summed E-state index contributed by atoms with van der Waals surface area (Å²) in [6.07, 6.45) is 0. The minimum absolute atomic E-state index is 0.124. The predicted octanol–water partition coefficient (Wildman–Crippen LogP) is 3.16. The van der Waals surface area contributed by atoms with Gasteiger partial charge in [0.05, 0.1) is 19.9 Å². The molecule has 5 nitrogen and oxygen atoms in total. The average Bonchev–Trinajstić information content (AvgIpc) is 2.91. The number of hydrogen-bond acceptors (Lipinski definition) is 4. The number of benzene rings is 1. The molecule has 1 aromatic carbocycles.